The molecule has 3 fully saturated rings. The highest BCUT2D eigenvalue weighted by Crippen LogP contribution is 2.49. The predicted octanol–water partition coefficient (Wildman–Crippen LogP) is 4.19. The SMILES string of the molecule is CC(C)c1ccccc1C1CN(Cc2cccc3c2OCCO3)CCN1C1CC2(CNC2)C1. The standard InChI is InChI=1S/C28H37N3O2/c1-20(2)23-7-3-4-8-24(23)25-17-30(10-11-31(25)22-14-28(15-22)18-29-19-28)16-21-6-5-9-26-27(21)33-13-12-32-26/h3-9,20,22,25,29H,10-19H2,1-2H3. The molecule has 5 heteroatoms. The molecule has 0 aromatic heterocycles. The number of hydrogen-bond acceptors (Lipinski definition) is 5. The first-order chi connectivity index (χ1) is 16.1. The number of para-hydroxylation sites is 1. The lowest BCUT2D eigenvalue weighted by molar-refractivity contribution is -0.0748. The maximum Gasteiger partial charge on any atom is 0.165 e. The van der Waals surface area contributed by atoms with Crippen LogP contribution in [-0.4, -0.2) is 61.8 Å². The van der Waals surface area contributed by atoms with Gasteiger partial charge < -0.3 is 14.8 Å². The van der Waals surface area contributed by atoms with Gasteiger partial charge in [0.1, 0.15) is 13.2 Å². The number of ether oxygens (including phenoxy) is 2. The third-order valence-corrected chi connectivity index (χ3v) is 8.33. The average molecular weight is 448 g/mol. The van der Waals surface area contributed by atoms with Crippen LogP contribution in [0.5, 0.6) is 11.5 Å². The minimum absolute atomic E-state index is 0.449. The molecule has 1 atom stereocenters. The molecule has 2 aromatic carbocycles. The van der Waals surface area contributed by atoms with Crippen molar-refractivity contribution >= 4 is 0 Å². The average Bonchev–Trinajstić information content (AvgIpc) is 2.78. The van der Waals surface area contributed by atoms with E-state index in [0.29, 0.717) is 30.6 Å². The molecule has 2 saturated heterocycles. The highest BCUT2D eigenvalue weighted by Gasteiger charge is 2.52. The molecule has 1 N–H and O–H groups in total. The van der Waals surface area contributed by atoms with Gasteiger partial charge in [-0.15, -0.1) is 0 Å². The number of benzene rings is 2. The monoisotopic (exact) mass is 447 g/mol. The summed E-state index contributed by atoms with van der Waals surface area (Å²) in [5, 5.41) is 3.50. The van der Waals surface area contributed by atoms with Crippen molar-refractivity contribution in [2.75, 3.05) is 45.9 Å². The first-order valence-electron chi connectivity index (χ1n) is 12.8. The van der Waals surface area contributed by atoms with E-state index in [9.17, 15) is 0 Å². The summed E-state index contributed by atoms with van der Waals surface area (Å²) in [6, 6.07) is 16.7. The summed E-state index contributed by atoms with van der Waals surface area (Å²) in [5.74, 6) is 2.38. The molecule has 2 aromatic rings. The third-order valence-electron chi connectivity index (χ3n) is 8.33. The minimum atomic E-state index is 0.449. The van der Waals surface area contributed by atoms with Gasteiger partial charge in [0, 0.05) is 56.9 Å². The van der Waals surface area contributed by atoms with Crippen molar-refractivity contribution in [2.45, 2.75) is 51.2 Å². The fraction of sp³-hybridized carbons (Fsp3) is 0.571. The van der Waals surface area contributed by atoms with Crippen LogP contribution in [0.3, 0.4) is 0 Å². The number of rotatable bonds is 5. The first kappa shape index (κ1) is 21.5. The van der Waals surface area contributed by atoms with Crippen LogP contribution in [0.15, 0.2) is 42.5 Å². The van der Waals surface area contributed by atoms with Gasteiger partial charge in [0.15, 0.2) is 11.5 Å². The van der Waals surface area contributed by atoms with E-state index in [1.807, 2.05) is 6.07 Å². The molecule has 1 aliphatic carbocycles. The molecule has 33 heavy (non-hydrogen) atoms. The van der Waals surface area contributed by atoms with Gasteiger partial charge in [0.2, 0.25) is 0 Å². The lowest BCUT2D eigenvalue weighted by Gasteiger charge is -2.60. The maximum atomic E-state index is 6.02. The quantitative estimate of drug-likeness (QED) is 0.744. The zero-order chi connectivity index (χ0) is 22.4. The third kappa shape index (κ3) is 3.94. The van der Waals surface area contributed by atoms with E-state index < -0.39 is 0 Å². The predicted molar refractivity (Wildman–Crippen MR) is 131 cm³/mol. The zero-order valence-corrected chi connectivity index (χ0v) is 20.1. The molecule has 3 aliphatic heterocycles. The van der Waals surface area contributed by atoms with Gasteiger partial charge in [-0.1, -0.05) is 50.2 Å². The van der Waals surface area contributed by atoms with Gasteiger partial charge in [-0.05, 0) is 41.4 Å². The lowest BCUT2D eigenvalue weighted by Crippen LogP contribution is -2.67. The minimum Gasteiger partial charge on any atom is -0.486 e. The van der Waals surface area contributed by atoms with Crippen molar-refractivity contribution in [2.24, 2.45) is 5.41 Å². The van der Waals surface area contributed by atoms with E-state index in [1.54, 1.807) is 0 Å². The van der Waals surface area contributed by atoms with Crippen molar-refractivity contribution in [3.05, 3.63) is 59.2 Å². The molecule has 3 heterocycles. The maximum absolute atomic E-state index is 6.02. The molecule has 0 bridgehead atoms. The fourth-order valence-electron chi connectivity index (χ4n) is 6.49. The van der Waals surface area contributed by atoms with Crippen molar-refractivity contribution in [1.29, 1.82) is 0 Å². The Morgan fingerprint density at radius 2 is 1.82 bits per heavy atom. The van der Waals surface area contributed by atoms with Crippen molar-refractivity contribution < 1.29 is 9.47 Å². The van der Waals surface area contributed by atoms with E-state index in [0.717, 1.165) is 43.7 Å². The van der Waals surface area contributed by atoms with E-state index in [4.69, 9.17) is 9.47 Å². The molecule has 0 amide bonds. The summed E-state index contributed by atoms with van der Waals surface area (Å²) in [6.07, 6.45) is 2.72. The van der Waals surface area contributed by atoms with Crippen LogP contribution in [0.25, 0.3) is 0 Å². The number of hydrogen-bond donors (Lipinski definition) is 1. The second-order valence-corrected chi connectivity index (χ2v) is 10.9. The Morgan fingerprint density at radius 1 is 1.00 bits per heavy atom. The molecule has 5 nitrogen and oxygen atoms in total. The summed E-state index contributed by atoms with van der Waals surface area (Å²) in [7, 11) is 0. The van der Waals surface area contributed by atoms with Crippen LogP contribution >= 0.6 is 0 Å². The van der Waals surface area contributed by atoms with Gasteiger partial charge in [-0.25, -0.2) is 0 Å². The molecular weight excluding hydrogens is 410 g/mol. The summed E-state index contributed by atoms with van der Waals surface area (Å²) in [5.41, 5.74) is 4.88. The fourth-order valence-corrected chi connectivity index (χ4v) is 6.49. The summed E-state index contributed by atoms with van der Waals surface area (Å²) >= 11 is 0. The van der Waals surface area contributed by atoms with Gasteiger partial charge >= 0.3 is 0 Å². The summed E-state index contributed by atoms with van der Waals surface area (Å²) in [4.78, 5) is 5.48. The first-order valence-corrected chi connectivity index (χ1v) is 12.8. The Kier molecular flexibility index (Phi) is 5.60. The smallest absolute Gasteiger partial charge is 0.165 e. The van der Waals surface area contributed by atoms with Crippen LogP contribution in [0, 0.1) is 5.41 Å². The molecule has 176 valence electrons. The Morgan fingerprint density at radius 3 is 2.61 bits per heavy atom. The zero-order valence-electron chi connectivity index (χ0n) is 20.1. The Bertz CT molecular complexity index is 994. The van der Waals surface area contributed by atoms with Crippen LogP contribution in [0.4, 0.5) is 0 Å². The molecule has 1 unspecified atom stereocenters. The highest BCUT2D eigenvalue weighted by molar-refractivity contribution is 5.47. The molecule has 6 rings (SSSR count). The second-order valence-electron chi connectivity index (χ2n) is 10.9. The van der Waals surface area contributed by atoms with Gasteiger partial charge in [0.25, 0.3) is 0 Å². The largest absolute Gasteiger partial charge is 0.486 e. The lowest BCUT2D eigenvalue weighted by atomic mass is 9.61. The molecule has 0 radical (unpaired) electrons. The van der Waals surface area contributed by atoms with E-state index >= 15 is 0 Å². The normalized spacial score (nSPS) is 25.1. The summed E-state index contributed by atoms with van der Waals surface area (Å²) in [6.45, 7) is 12.6. The van der Waals surface area contributed by atoms with Crippen molar-refractivity contribution in [3.8, 4) is 11.5 Å². The van der Waals surface area contributed by atoms with Gasteiger partial charge in [0.05, 0.1) is 0 Å². The van der Waals surface area contributed by atoms with Gasteiger partial charge in [-0.3, -0.25) is 9.80 Å². The number of nitrogens with one attached hydrogen (secondary N) is 1. The van der Waals surface area contributed by atoms with E-state index in [2.05, 4.69) is 65.4 Å². The van der Waals surface area contributed by atoms with Crippen molar-refractivity contribution in [1.82, 2.24) is 15.1 Å². The summed E-state index contributed by atoms with van der Waals surface area (Å²) < 4.78 is 11.9. The van der Waals surface area contributed by atoms with Crippen LogP contribution in [0.1, 0.15) is 55.3 Å². The number of piperazine rings is 1. The Balaban J connectivity index is 1.26. The number of fused-ring (bicyclic) bond motifs is 1. The van der Waals surface area contributed by atoms with Crippen LogP contribution in [-0.2, 0) is 6.54 Å². The van der Waals surface area contributed by atoms with Gasteiger partial charge in [-0.2, -0.15) is 0 Å². The highest BCUT2D eigenvalue weighted by atomic mass is 16.6. The molecular formula is C28H37N3O2. The molecule has 1 spiro atoms. The molecule has 4 aliphatic rings. The van der Waals surface area contributed by atoms with Crippen molar-refractivity contribution in [3.63, 3.8) is 0 Å². The topological polar surface area (TPSA) is 37.0 Å². The van der Waals surface area contributed by atoms with E-state index in [1.165, 1.54) is 42.6 Å². The molecule has 1 saturated carbocycles. The number of nitrogens with zero attached hydrogens (tertiary/aromatic N) is 2. The second kappa shape index (κ2) is 8.61. The Hall–Kier alpha value is -2.08. The Labute approximate surface area is 198 Å². The van der Waals surface area contributed by atoms with Crippen LogP contribution in [0.2, 0.25) is 0 Å². The van der Waals surface area contributed by atoms with Crippen LogP contribution < -0.4 is 14.8 Å². The van der Waals surface area contributed by atoms with E-state index in [-0.39, 0.29) is 0 Å².